The zero-order chi connectivity index (χ0) is 103. The minimum Gasteiger partial charge on any atom is -0.426 e. The minimum atomic E-state index is -1.69. The summed E-state index contributed by atoms with van der Waals surface area (Å²) >= 11 is 0. The van der Waals surface area contributed by atoms with Crippen molar-refractivity contribution >= 4 is 94.7 Å². The van der Waals surface area contributed by atoms with Crippen LogP contribution in [0.5, 0.6) is 0 Å². The Morgan fingerprint density at radius 1 is 0.221 bits per heavy atom. The van der Waals surface area contributed by atoms with E-state index < -0.39 is 155 Å². The number of hydrogen-bond donors (Lipinski definition) is 20. The molecule has 10 aromatic rings. The number of nitrogens with one attached hydrogen (secondary N) is 10. The molecule has 0 bridgehead atoms. The number of carbonyl (C=O) groups excluding carboxylic acids is 10. The van der Waals surface area contributed by atoms with Crippen molar-refractivity contribution in [1.82, 2.24) is 103 Å². The van der Waals surface area contributed by atoms with Gasteiger partial charge in [-0.25, -0.2) is 24.9 Å². The van der Waals surface area contributed by atoms with Crippen LogP contribution >= 0.6 is 0 Å². The van der Waals surface area contributed by atoms with Gasteiger partial charge in [-0.05, 0) is 89.5 Å². The van der Waals surface area contributed by atoms with Crippen molar-refractivity contribution in [1.29, 1.82) is 0 Å². The maximum absolute atomic E-state index is 12.8. The van der Waals surface area contributed by atoms with Crippen molar-refractivity contribution in [3.8, 4) is 0 Å². The van der Waals surface area contributed by atoms with Gasteiger partial charge in [0.05, 0.1) is 60.7 Å². The standard InChI is InChI=1S/5C19H25BN4O4/c5*1-13(2)10-17(20(27)28)24-18(25)15(11-14-6-4-3-5-7-14)23-19(26)16-12-21-8-9-22-16/h5*3-9,12-13,15,17,27-28H,10-11H2,1-2H3,(H,23,26)(H,24,25)/t5*15-,17-/m00000/s1. The third kappa shape index (κ3) is 44.3. The normalized spacial score (nSPS) is 12.9. The van der Waals surface area contributed by atoms with Crippen molar-refractivity contribution in [2.24, 2.45) is 29.6 Å². The molecule has 0 aliphatic carbocycles. The summed E-state index contributed by atoms with van der Waals surface area (Å²) in [6, 6.07) is 41.6. The lowest BCUT2D eigenvalue weighted by Crippen LogP contribution is -2.55. The predicted molar refractivity (Wildman–Crippen MR) is 525 cm³/mol. The molecule has 0 fully saturated rings. The van der Waals surface area contributed by atoms with Crippen LogP contribution in [0.15, 0.2) is 245 Å². The summed E-state index contributed by atoms with van der Waals surface area (Å²) in [6.07, 6.45) is 23.9. The number of hydrogen-bond acceptors (Lipinski definition) is 30. The van der Waals surface area contributed by atoms with Crippen LogP contribution in [0, 0.1) is 29.6 Å². The molecule has 0 saturated heterocycles. The van der Waals surface area contributed by atoms with E-state index in [0.717, 1.165) is 27.8 Å². The Labute approximate surface area is 815 Å². The molecule has 740 valence electrons. The Bertz CT molecular complexity index is 4560. The fourth-order valence-electron chi connectivity index (χ4n) is 13.8. The summed E-state index contributed by atoms with van der Waals surface area (Å²) in [5.41, 5.74) is 4.73. The van der Waals surface area contributed by atoms with Gasteiger partial charge in [0.15, 0.2) is 0 Å². The Kier molecular flexibility index (Phi) is 51.0. The quantitative estimate of drug-likeness (QED) is 0.0242. The molecule has 0 aliphatic heterocycles. The zero-order valence-electron chi connectivity index (χ0n) is 79.7. The molecule has 140 heavy (non-hydrogen) atoms. The van der Waals surface area contributed by atoms with E-state index in [-0.39, 0.29) is 90.2 Å². The van der Waals surface area contributed by atoms with E-state index in [1.165, 1.54) is 93.0 Å². The first-order valence-electron chi connectivity index (χ1n) is 45.7. The van der Waals surface area contributed by atoms with Crippen LogP contribution in [0.4, 0.5) is 0 Å². The van der Waals surface area contributed by atoms with E-state index in [9.17, 15) is 98.2 Å². The first-order chi connectivity index (χ1) is 66.8. The number of rotatable bonds is 45. The van der Waals surface area contributed by atoms with Crippen LogP contribution in [-0.2, 0) is 56.1 Å². The molecule has 0 unspecified atom stereocenters. The largest absolute Gasteiger partial charge is 0.475 e. The minimum absolute atomic E-state index is 0.0919. The van der Waals surface area contributed by atoms with Gasteiger partial charge in [-0.1, -0.05) is 221 Å². The molecule has 0 radical (unpaired) electrons. The Balaban J connectivity index is 0.000000268. The zero-order valence-corrected chi connectivity index (χ0v) is 79.7. The highest BCUT2D eigenvalue weighted by molar-refractivity contribution is 6.45. The van der Waals surface area contributed by atoms with Crippen LogP contribution in [0.25, 0.3) is 0 Å². The predicted octanol–water partition coefficient (Wildman–Crippen LogP) is 1.80. The van der Waals surface area contributed by atoms with Gasteiger partial charge in [0.2, 0.25) is 29.5 Å². The molecule has 0 saturated carbocycles. The number of amides is 10. The van der Waals surface area contributed by atoms with Crippen LogP contribution < -0.4 is 53.2 Å². The van der Waals surface area contributed by atoms with Crippen molar-refractivity contribution in [3.05, 3.63) is 301 Å². The summed E-state index contributed by atoms with van der Waals surface area (Å²) in [5.74, 6) is -8.60. The van der Waals surface area contributed by atoms with Crippen LogP contribution in [0.3, 0.4) is 0 Å². The second kappa shape index (κ2) is 62.1. The van der Waals surface area contributed by atoms with Crippen molar-refractivity contribution in [3.63, 3.8) is 0 Å². The molecule has 45 heteroatoms. The molecule has 5 heterocycles. The van der Waals surface area contributed by atoms with Gasteiger partial charge in [-0.2, -0.15) is 0 Å². The summed E-state index contributed by atoms with van der Waals surface area (Å²) in [5, 5.41) is 122. The highest BCUT2D eigenvalue weighted by Crippen LogP contribution is 2.17. The van der Waals surface area contributed by atoms with Crippen LogP contribution in [-0.4, -0.2) is 255 Å². The fourth-order valence-corrected chi connectivity index (χ4v) is 13.8. The van der Waals surface area contributed by atoms with Gasteiger partial charge < -0.3 is 103 Å². The molecule has 5 aromatic heterocycles. The Morgan fingerprint density at radius 2 is 0.364 bits per heavy atom. The van der Waals surface area contributed by atoms with E-state index >= 15 is 0 Å². The third-order valence-electron chi connectivity index (χ3n) is 20.6. The number of carbonyl (C=O) groups is 10. The van der Waals surface area contributed by atoms with E-state index in [4.69, 9.17) is 0 Å². The van der Waals surface area contributed by atoms with E-state index in [2.05, 4.69) is 103 Å². The maximum atomic E-state index is 12.8. The van der Waals surface area contributed by atoms with E-state index in [1.54, 1.807) is 0 Å². The van der Waals surface area contributed by atoms with Crippen LogP contribution in [0.2, 0.25) is 0 Å². The summed E-state index contributed by atoms with van der Waals surface area (Å²) in [6.45, 7) is 19.2. The third-order valence-corrected chi connectivity index (χ3v) is 20.6. The van der Waals surface area contributed by atoms with Gasteiger partial charge >= 0.3 is 35.6 Å². The summed E-state index contributed by atoms with van der Waals surface area (Å²) in [7, 11) is -8.47. The summed E-state index contributed by atoms with van der Waals surface area (Å²) in [4.78, 5) is 165. The SMILES string of the molecule is CC(C)C[C@H](NC(=O)[C@H](Cc1ccccc1)NC(=O)c1cnccn1)B(O)O.CC(C)C[C@H](NC(=O)[C@H](Cc1ccccc1)NC(=O)c1cnccn1)B(O)O.CC(C)C[C@H](NC(=O)[C@H](Cc1ccccc1)NC(=O)c1cnccn1)B(O)O.CC(C)C[C@H](NC(=O)[C@H](Cc1ccccc1)NC(=O)c1cnccn1)B(O)O.CC(C)C[C@H](NC(=O)[C@H](Cc1ccccc1)NC(=O)c1cnccn1)B(O)O. The highest BCUT2D eigenvalue weighted by atomic mass is 16.4. The summed E-state index contributed by atoms with van der Waals surface area (Å²) < 4.78 is 0. The van der Waals surface area contributed by atoms with Crippen molar-refractivity contribution in [2.45, 2.75) is 193 Å². The average Bonchev–Trinajstić information content (AvgIpc) is 0.870. The molecule has 40 nitrogen and oxygen atoms in total. The van der Waals surface area contributed by atoms with Gasteiger partial charge in [0.25, 0.3) is 29.5 Å². The fraction of sp³-hybridized carbons (Fsp3) is 0.368. The number of nitrogens with zero attached hydrogens (tertiary/aromatic N) is 10. The smallest absolute Gasteiger partial charge is 0.426 e. The lowest BCUT2D eigenvalue weighted by molar-refractivity contribution is -0.124. The van der Waals surface area contributed by atoms with Crippen molar-refractivity contribution in [2.75, 3.05) is 0 Å². The van der Waals surface area contributed by atoms with Gasteiger partial charge in [-0.3, -0.25) is 72.9 Å². The molecule has 10 amide bonds. The number of benzene rings is 5. The molecule has 10 atom stereocenters. The molecule has 0 aliphatic rings. The van der Waals surface area contributed by atoms with E-state index in [0.29, 0.717) is 32.1 Å². The monoisotopic (exact) mass is 1920 g/mol. The number of aromatic nitrogens is 10. The first kappa shape index (κ1) is 115. The topological polar surface area (TPSA) is 622 Å². The van der Waals surface area contributed by atoms with Gasteiger partial charge in [0.1, 0.15) is 58.7 Å². The molecule has 5 aromatic carbocycles. The molecular formula is C95H125B5N20O20. The molecular weight excluding hydrogens is 1800 g/mol. The van der Waals surface area contributed by atoms with Gasteiger partial charge in [-0.15, -0.1) is 0 Å². The lowest BCUT2D eigenvalue weighted by Gasteiger charge is -2.24. The van der Waals surface area contributed by atoms with Crippen molar-refractivity contribution < 1.29 is 98.2 Å². The maximum Gasteiger partial charge on any atom is 0.475 e. The lowest BCUT2D eigenvalue weighted by atomic mass is 9.75. The average molecular weight is 1920 g/mol. The second-order valence-corrected chi connectivity index (χ2v) is 34.8. The second-order valence-electron chi connectivity index (χ2n) is 34.8. The molecule has 20 N–H and O–H groups in total. The Morgan fingerprint density at radius 3 is 0.479 bits per heavy atom. The highest BCUT2D eigenvalue weighted by Gasteiger charge is 2.37. The molecule has 10 rings (SSSR count). The van der Waals surface area contributed by atoms with E-state index in [1.807, 2.05) is 221 Å². The Hall–Kier alpha value is -13.9. The van der Waals surface area contributed by atoms with Crippen LogP contribution in [0.1, 0.15) is 182 Å². The molecule has 0 spiro atoms. The van der Waals surface area contributed by atoms with Gasteiger partial charge in [0, 0.05) is 94.1 Å². The first-order valence-corrected chi connectivity index (χ1v) is 45.7.